The van der Waals surface area contributed by atoms with Gasteiger partial charge < -0.3 is 9.15 Å². The number of nitrogens with zero attached hydrogens (tertiary/aromatic N) is 2. The van der Waals surface area contributed by atoms with Gasteiger partial charge in [-0.15, -0.1) is 0 Å². The Labute approximate surface area is 180 Å². The number of hydrogen-bond donors (Lipinski definition) is 0. The number of rotatable bonds is 2. The highest BCUT2D eigenvalue weighted by molar-refractivity contribution is 9.10. The summed E-state index contributed by atoms with van der Waals surface area (Å²) in [5.41, 5.74) is 2.80. The molecule has 0 saturated carbocycles. The van der Waals surface area contributed by atoms with Crippen molar-refractivity contribution in [3.63, 3.8) is 0 Å². The average molecular weight is 478 g/mol. The Morgan fingerprint density at radius 2 is 1.93 bits per heavy atom. The molecule has 4 nitrogen and oxygen atoms in total. The summed E-state index contributed by atoms with van der Waals surface area (Å²) in [6.07, 6.45) is 0.276. The first kappa shape index (κ1) is 18.1. The summed E-state index contributed by atoms with van der Waals surface area (Å²) >= 11 is 16.1. The van der Waals surface area contributed by atoms with Gasteiger partial charge in [0.25, 0.3) is 0 Å². The van der Waals surface area contributed by atoms with Crippen LogP contribution < -0.4 is 4.74 Å². The van der Waals surface area contributed by atoms with Gasteiger partial charge in [-0.05, 0) is 49.4 Å². The summed E-state index contributed by atoms with van der Waals surface area (Å²) in [6.45, 7) is 1.93. The molecule has 0 fully saturated rings. The molecule has 0 amide bonds. The summed E-state index contributed by atoms with van der Waals surface area (Å²) < 4.78 is 13.2. The van der Waals surface area contributed by atoms with E-state index in [0.29, 0.717) is 10.0 Å². The van der Waals surface area contributed by atoms with Gasteiger partial charge in [-0.25, -0.2) is 5.01 Å². The van der Waals surface area contributed by atoms with Crippen LogP contribution in [0.3, 0.4) is 0 Å². The maximum absolute atomic E-state index is 6.50. The van der Waals surface area contributed by atoms with E-state index in [1.54, 1.807) is 6.07 Å². The van der Waals surface area contributed by atoms with Gasteiger partial charge in [0, 0.05) is 27.0 Å². The van der Waals surface area contributed by atoms with Crippen molar-refractivity contribution in [3.8, 4) is 5.75 Å². The zero-order valence-corrected chi connectivity index (χ0v) is 17.9. The fourth-order valence-corrected chi connectivity index (χ4v) is 4.58. The number of aryl methyl sites for hydroxylation is 1. The number of furan rings is 1. The molecule has 28 heavy (non-hydrogen) atoms. The van der Waals surface area contributed by atoms with Crippen LogP contribution in [0.15, 0.2) is 62.5 Å². The second kappa shape index (κ2) is 6.83. The molecule has 0 saturated heterocycles. The number of hydrazone groups is 1. The van der Waals surface area contributed by atoms with Crippen LogP contribution in [0.1, 0.15) is 41.3 Å². The van der Waals surface area contributed by atoms with Gasteiger partial charge in [-0.1, -0.05) is 45.2 Å². The second-order valence-corrected chi connectivity index (χ2v) is 8.63. The molecule has 2 aliphatic rings. The highest BCUT2D eigenvalue weighted by atomic mass is 79.9. The Balaban J connectivity index is 1.63. The number of ether oxygens (including phenoxy) is 1. The molecule has 1 aromatic heterocycles. The first-order chi connectivity index (χ1) is 13.5. The predicted octanol–water partition coefficient (Wildman–Crippen LogP) is 6.90. The van der Waals surface area contributed by atoms with Crippen LogP contribution >= 0.6 is 39.1 Å². The van der Waals surface area contributed by atoms with E-state index in [4.69, 9.17) is 37.5 Å². The molecule has 7 heteroatoms. The fourth-order valence-electron chi connectivity index (χ4n) is 3.70. The minimum absolute atomic E-state index is 0.0263. The van der Waals surface area contributed by atoms with Crippen LogP contribution in [0.4, 0.5) is 0 Å². The minimum atomic E-state index is -0.447. The van der Waals surface area contributed by atoms with Gasteiger partial charge in [0.15, 0.2) is 0 Å². The third kappa shape index (κ3) is 3.02. The number of hydrogen-bond acceptors (Lipinski definition) is 4. The average Bonchev–Trinajstić information content (AvgIpc) is 3.28. The molecule has 142 valence electrons. The van der Waals surface area contributed by atoms with Crippen molar-refractivity contribution in [3.05, 3.63) is 85.7 Å². The minimum Gasteiger partial charge on any atom is -0.464 e. The lowest BCUT2D eigenvalue weighted by Gasteiger charge is -2.38. The van der Waals surface area contributed by atoms with E-state index < -0.39 is 6.23 Å². The van der Waals surface area contributed by atoms with Gasteiger partial charge in [-0.2, -0.15) is 5.10 Å². The Bertz CT molecular complexity index is 1110. The third-order valence-electron chi connectivity index (χ3n) is 5.01. The number of benzene rings is 2. The molecule has 2 aliphatic heterocycles. The summed E-state index contributed by atoms with van der Waals surface area (Å²) in [7, 11) is 0. The highest BCUT2D eigenvalue weighted by Crippen LogP contribution is 2.49. The molecule has 0 radical (unpaired) electrons. The van der Waals surface area contributed by atoms with Crippen molar-refractivity contribution in [2.75, 3.05) is 0 Å². The van der Waals surface area contributed by atoms with Crippen LogP contribution in [-0.4, -0.2) is 10.7 Å². The van der Waals surface area contributed by atoms with E-state index in [1.807, 2.05) is 48.3 Å². The highest BCUT2D eigenvalue weighted by Gasteiger charge is 2.42. The Morgan fingerprint density at radius 1 is 1.07 bits per heavy atom. The van der Waals surface area contributed by atoms with Crippen LogP contribution in [0.2, 0.25) is 10.0 Å². The van der Waals surface area contributed by atoms with Crippen molar-refractivity contribution >= 4 is 44.8 Å². The van der Waals surface area contributed by atoms with Crippen molar-refractivity contribution in [2.45, 2.75) is 25.6 Å². The predicted molar refractivity (Wildman–Crippen MR) is 113 cm³/mol. The Hall–Kier alpha value is -1.95. The lowest BCUT2D eigenvalue weighted by molar-refractivity contribution is -0.0190. The van der Waals surface area contributed by atoms with E-state index in [1.165, 1.54) is 0 Å². The second-order valence-electron chi connectivity index (χ2n) is 6.88. The summed E-state index contributed by atoms with van der Waals surface area (Å²) in [5, 5.41) is 7.97. The lowest BCUT2D eigenvalue weighted by Crippen LogP contribution is -2.33. The van der Waals surface area contributed by atoms with Crippen LogP contribution in [0.25, 0.3) is 0 Å². The van der Waals surface area contributed by atoms with E-state index in [-0.39, 0.29) is 6.04 Å². The fraction of sp³-hybridized carbons (Fsp3) is 0.190. The van der Waals surface area contributed by atoms with Crippen LogP contribution in [-0.2, 0) is 0 Å². The first-order valence-electron chi connectivity index (χ1n) is 8.83. The van der Waals surface area contributed by atoms with E-state index in [9.17, 15) is 0 Å². The summed E-state index contributed by atoms with van der Waals surface area (Å²) in [4.78, 5) is 0. The van der Waals surface area contributed by atoms with Gasteiger partial charge in [0.2, 0.25) is 6.23 Å². The molecule has 3 heterocycles. The molecule has 0 bridgehead atoms. The van der Waals surface area contributed by atoms with Crippen molar-refractivity contribution in [1.29, 1.82) is 0 Å². The Kier molecular flexibility index (Phi) is 4.42. The monoisotopic (exact) mass is 476 g/mol. The zero-order valence-electron chi connectivity index (χ0n) is 14.8. The molecule has 2 aromatic carbocycles. The van der Waals surface area contributed by atoms with Gasteiger partial charge in [0.1, 0.15) is 23.0 Å². The van der Waals surface area contributed by atoms with E-state index in [2.05, 4.69) is 22.0 Å². The normalized spacial score (nSPS) is 20.4. The van der Waals surface area contributed by atoms with Crippen LogP contribution in [0, 0.1) is 6.92 Å². The third-order valence-corrected chi connectivity index (χ3v) is 6.06. The first-order valence-corrected chi connectivity index (χ1v) is 10.4. The van der Waals surface area contributed by atoms with Gasteiger partial charge >= 0.3 is 0 Å². The quantitative estimate of drug-likeness (QED) is 0.402. The molecule has 0 N–H and O–H groups in total. The summed E-state index contributed by atoms with van der Waals surface area (Å²) in [6, 6.07) is 15.4. The SMILES string of the molecule is Cc1ccc(C2=NN3[C@H](C2)c2cc(Br)ccc2O[C@@H]3c2ccc(Cl)cc2Cl)o1. The molecule has 5 rings (SSSR count). The maximum atomic E-state index is 6.50. The number of halogens is 3. The zero-order chi connectivity index (χ0) is 19.4. The van der Waals surface area contributed by atoms with Crippen molar-refractivity contribution in [1.82, 2.24) is 5.01 Å². The van der Waals surface area contributed by atoms with Gasteiger partial charge in [0.05, 0.1) is 11.1 Å². The van der Waals surface area contributed by atoms with E-state index >= 15 is 0 Å². The smallest absolute Gasteiger partial charge is 0.215 e. The number of fused-ring (bicyclic) bond motifs is 3. The summed E-state index contributed by atoms with van der Waals surface area (Å²) in [5.74, 6) is 2.47. The molecule has 3 aromatic rings. The maximum Gasteiger partial charge on any atom is 0.215 e. The standard InChI is InChI=1S/C21H15BrCl2N2O2/c1-11-2-6-20(27-11)17-10-18-15-8-12(22)3-7-19(15)28-21(26(18)25-17)14-5-4-13(23)9-16(14)24/h2-9,18,21H,10H2,1H3/t18-,21-/m1/s1. The molecule has 0 aliphatic carbocycles. The molecule has 0 unspecified atom stereocenters. The van der Waals surface area contributed by atoms with Gasteiger partial charge in [-0.3, -0.25) is 0 Å². The Morgan fingerprint density at radius 3 is 2.68 bits per heavy atom. The molecular weight excluding hydrogens is 463 g/mol. The van der Waals surface area contributed by atoms with Crippen molar-refractivity contribution < 1.29 is 9.15 Å². The topological polar surface area (TPSA) is 38.0 Å². The lowest BCUT2D eigenvalue weighted by atomic mass is 9.97. The van der Waals surface area contributed by atoms with Crippen LogP contribution in [0.5, 0.6) is 5.75 Å². The molecule has 2 atom stereocenters. The van der Waals surface area contributed by atoms with E-state index in [0.717, 1.165) is 45.0 Å². The largest absolute Gasteiger partial charge is 0.464 e. The molecule has 0 spiro atoms. The van der Waals surface area contributed by atoms with Crippen molar-refractivity contribution in [2.24, 2.45) is 5.10 Å². The molecular formula is C21H15BrCl2N2O2.